The lowest BCUT2D eigenvalue weighted by Gasteiger charge is -2.36. The summed E-state index contributed by atoms with van der Waals surface area (Å²) in [5.74, 6) is 0.112. The second-order valence-corrected chi connectivity index (χ2v) is 3.25. The van der Waals surface area contributed by atoms with Gasteiger partial charge in [-0.1, -0.05) is 6.92 Å². The molecule has 4 atom stereocenters. The van der Waals surface area contributed by atoms with Gasteiger partial charge in [-0.2, -0.15) is 0 Å². The fourth-order valence-corrected chi connectivity index (χ4v) is 1.46. The van der Waals surface area contributed by atoms with Crippen molar-refractivity contribution in [2.75, 3.05) is 20.8 Å². The van der Waals surface area contributed by atoms with Gasteiger partial charge in [-0.15, -0.1) is 0 Å². The van der Waals surface area contributed by atoms with E-state index in [0.29, 0.717) is 6.42 Å². The van der Waals surface area contributed by atoms with Gasteiger partial charge in [0, 0.05) is 14.2 Å². The van der Waals surface area contributed by atoms with E-state index in [1.165, 1.54) is 7.11 Å². The van der Waals surface area contributed by atoms with Crippen LogP contribution in [0.4, 0.5) is 0 Å². The molecule has 1 heterocycles. The molecule has 0 saturated carbocycles. The zero-order chi connectivity index (χ0) is 11.1. The number of methoxy groups -OCH3 is 1. The van der Waals surface area contributed by atoms with Crippen LogP contribution >= 0.6 is 0 Å². The standard InChI is InChI=1S/C8H16O4.CH4O/c1-5-3-6(4-9)12-8(11-2)7(5)10;1-2/h5-10H,3-4H2,1-2H3;2H,1H3. The van der Waals surface area contributed by atoms with E-state index >= 15 is 0 Å². The molecule has 0 aliphatic carbocycles. The third-order valence-corrected chi connectivity index (χ3v) is 2.26. The summed E-state index contributed by atoms with van der Waals surface area (Å²) in [6.07, 6.45) is -0.700. The molecule has 1 aliphatic rings. The van der Waals surface area contributed by atoms with Gasteiger partial charge in [0.25, 0.3) is 0 Å². The Morgan fingerprint density at radius 3 is 2.43 bits per heavy atom. The van der Waals surface area contributed by atoms with Crippen LogP contribution in [-0.2, 0) is 9.47 Å². The van der Waals surface area contributed by atoms with Gasteiger partial charge >= 0.3 is 0 Å². The van der Waals surface area contributed by atoms with Gasteiger partial charge < -0.3 is 24.8 Å². The highest BCUT2D eigenvalue weighted by Gasteiger charge is 2.34. The molecule has 1 rings (SSSR count). The van der Waals surface area contributed by atoms with Crippen LogP contribution in [-0.4, -0.2) is 54.6 Å². The highest BCUT2D eigenvalue weighted by Crippen LogP contribution is 2.25. The van der Waals surface area contributed by atoms with E-state index in [1.54, 1.807) is 0 Å². The number of ether oxygens (including phenoxy) is 2. The monoisotopic (exact) mass is 208 g/mol. The summed E-state index contributed by atoms with van der Waals surface area (Å²) in [5, 5.41) is 25.4. The number of aliphatic hydroxyl groups is 3. The average molecular weight is 208 g/mol. The molecule has 0 aromatic rings. The van der Waals surface area contributed by atoms with E-state index < -0.39 is 12.4 Å². The first-order valence-corrected chi connectivity index (χ1v) is 4.61. The van der Waals surface area contributed by atoms with Gasteiger partial charge in [0.15, 0.2) is 6.29 Å². The van der Waals surface area contributed by atoms with Gasteiger partial charge in [0.05, 0.1) is 12.7 Å². The maximum atomic E-state index is 9.52. The average Bonchev–Trinajstić information content (AvgIpc) is 2.24. The molecule has 1 aliphatic heterocycles. The van der Waals surface area contributed by atoms with Gasteiger partial charge in [-0.25, -0.2) is 0 Å². The molecule has 0 spiro atoms. The Labute approximate surface area is 84.3 Å². The first kappa shape index (κ1) is 13.8. The van der Waals surface area contributed by atoms with Crippen molar-refractivity contribution in [2.24, 2.45) is 5.92 Å². The Morgan fingerprint density at radius 2 is 2.00 bits per heavy atom. The molecule has 5 heteroatoms. The van der Waals surface area contributed by atoms with Crippen LogP contribution in [0.25, 0.3) is 0 Å². The van der Waals surface area contributed by atoms with Crippen LogP contribution in [0.1, 0.15) is 13.3 Å². The summed E-state index contributed by atoms with van der Waals surface area (Å²) in [6.45, 7) is 1.90. The van der Waals surface area contributed by atoms with Crippen LogP contribution in [0.15, 0.2) is 0 Å². The van der Waals surface area contributed by atoms with Gasteiger partial charge in [0.2, 0.25) is 0 Å². The second-order valence-electron chi connectivity index (χ2n) is 3.25. The molecule has 14 heavy (non-hydrogen) atoms. The summed E-state index contributed by atoms with van der Waals surface area (Å²) in [7, 11) is 2.49. The maximum Gasteiger partial charge on any atom is 0.183 e. The zero-order valence-corrected chi connectivity index (χ0v) is 8.88. The molecular weight excluding hydrogens is 188 g/mol. The Kier molecular flexibility index (Phi) is 7.04. The summed E-state index contributed by atoms with van der Waals surface area (Å²) in [6, 6.07) is 0. The lowest BCUT2D eigenvalue weighted by atomic mass is 9.94. The molecule has 3 N–H and O–H groups in total. The number of hydrogen-bond acceptors (Lipinski definition) is 5. The molecule has 0 aromatic carbocycles. The quantitative estimate of drug-likeness (QED) is 0.562. The third-order valence-electron chi connectivity index (χ3n) is 2.26. The summed E-state index contributed by atoms with van der Waals surface area (Å²) < 4.78 is 10.2. The lowest BCUT2D eigenvalue weighted by Crippen LogP contribution is -2.46. The molecule has 0 aromatic heterocycles. The van der Waals surface area contributed by atoms with Gasteiger partial charge in [-0.05, 0) is 12.3 Å². The first-order valence-electron chi connectivity index (χ1n) is 4.61. The largest absolute Gasteiger partial charge is 0.400 e. The summed E-state index contributed by atoms with van der Waals surface area (Å²) in [4.78, 5) is 0. The van der Waals surface area contributed by atoms with E-state index in [-0.39, 0.29) is 18.6 Å². The minimum Gasteiger partial charge on any atom is -0.400 e. The van der Waals surface area contributed by atoms with Crippen molar-refractivity contribution in [3.63, 3.8) is 0 Å². The normalized spacial score (nSPS) is 37.3. The third kappa shape index (κ3) is 3.51. The van der Waals surface area contributed by atoms with Crippen LogP contribution in [0, 0.1) is 5.92 Å². The molecular formula is C9H20O5. The molecule has 0 radical (unpaired) electrons. The topological polar surface area (TPSA) is 79.2 Å². The minimum atomic E-state index is -0.592. The second kappa shape index (κ2) is 7.14. The highest BCUT2D eigenvalue weighted by atomic mass is 16.7. The van der Waals surface area contributed by atoms with Crippen molar-refractivity contribution in [1.82, 2.24) is 0 Å². The van der Waals surface area contributed by atoms with E-state index in [1.807, 2.05) is 6.92 Å². The molecule has 86 valence electrons. The van der Waals surface area contributed by atoms with Crippen molar-refractivity contribution >= 4 is 0 Å². The number of rotatable bonds is 2. The Morgan fingerprint density at radius 1 is 1.43 bits per heavy atom. The van der Waals surface area contributed by atoms with Crippen molar-refractivity contribution in [3.05, 3.63) is 0 Å². The molecule has 1 saturated heterocycles. The van der Waals surface area contributed by atoms with E-state index in [4.69, 9.17) is 19.7 Å². The fraction of sp³-hybridized carbons (Fsp3) is 1.00. The van der Waals surface area contributed by atoms with Crippen LogP contribution < -0.4 is 0 Å². The maximum absolute atomic E-state index is 9.52. The molecule has 0 bridgehead atoms. The summed E-state index contributed by atoms with van der Waals surface area (Å²) >= 11 is 0. The predicted octanol–water partition coefficient (Wildman–Crippen LogP) is -0.654. The van der Waals surface area contributed by atoms with Crippen molar-refractivity contribution in [1.29, 1.82) is 0 Å². The zero-order valence-electron chi connectivity index (χ0n) is 8.88. The van der Waals surface area contributed by atoms with Gasteiger partial charge in [0.1, 0.15) is 6.10 Å². The van der Waals surface area contributed by atoms with E-state index in [0.717, 1.165) is 7.11 Å². The highest BCUT2D eigenvalue weighted by molar-refractivity contribution is 4.78. The van der Waals surface area contributed by atoms with Crippen molar-refractivity contribution in [2.45, 2.75) is 31.8 Å². The molecule has 1 fully saturated rings. The SMILES string of the molecule is CO.COC1OC(CO)CC(C)C1O. The molecule has 4 unspecified atom stereocenters. The van der Waals surface area contributed by atoms with Crippen LogP contribution in [0.2, 0.25) is 0 Å². The Bertz CT molecular complexity index is 141. The molecule has 0 amide bonds. The van der Waals surface area contributed by atoms with Gasteiger partial charge in [-0.3, -0.25) is 0 Å². The smallest absolute Gasteiger partial charge is 0.183 e. The van der Waals surface area contributed by atoms with E-state index in [2.05, 4.69) is 0 Å². The minimum absolute atomic E-state index is 0.0169. The number of aliphatic hydroxyl groups excluding tert-OH is 3. The van der Waals surface area contributed by atoms with Crippen molar-refractivity contribution < 1.29 is 24.8 Å². The Hall–Kier alpha value is -0.200. The fourth-order valence-electron chi connectivity index (χ4n) is 1.46. The van der Waals surface area contributed by atoms with Crippen LogP contribution in [0.3, 0.4) is 0 Å². The van der Waals surface area contributed by atoms with Crippen LogP contribution in [0.5, 0.6) is 0 Å². The number of hydrogen-bond donors (Lipinski definition) is 3. The molecule has 5 nitrogen and oxygen atoms in total. The van der Waals surface area contributed by atoms with E-state index in [9.17, 15) is 5.11 Å². The first-order chi connectivity index (χ1) is 6.69. The lowest BCUT2D eigenvalue weighted by molar-refractivity contribution is -0.249. The summed E-state index contributed by atoms with van der Waals surface area (Å²) in [5.41, 5.74) is 0. The predicted molar refractivity (Wildman–Crippen MR) is 50.7 cm³/mol. The van der Waals surface area contributed by atoms with Crippen molar-refractivity contribution in [3.8, 4) is 0 Å². The Balaban J connectivity index is 0.000000791.